The Morgan fingerprint density at radius 1 is 1.04 bits per heavy atom. The van der Waals surface area contributed by atoms with Gasteiger partial charge in [0.05, 0.1) is 18.1 Å². The summed E-state index contributed by atoms with van der Waals surface area (Å²) in [5.74, 6) is -0.367. The zero-order valence-electron chi connectivity index (χ0n) is 14.6. The third-order valence-corrected chi connectivity index (χ3v) is 3.66. The SMILES string of the molecule is Cc1cccc(NC(=O)CSCC(=O)NCC(=O)NC(C)(C)C)c1. The molecular formula is C17H25N3O3S. The number of nitrogens with one attached hydrogen (secondary N) is 3. The van der Waals surface area contributed by atoms with Crippen LogP contribution in [0.15, 0.2) is 24.3 Å². The van der Waals surface area contributed by atoms with E-state index in [-0.39, 0.29) is 41.3 Å². The lowest BCUT2D eigenvalue weighted by Gasteiger charge is -2.20. The Hall–Kier alpha value is -2.02. The number of thioether (sulfide) groups is 1. The van der Waals surface area contributed by atoms with Gasteiger partial charge in [-0.3, -0.25) is 14.4 Å². The third-order valence-electron chi connectivity index (χ3n) is 2.73. The van der Waals surface area contributed by atoms with Crippen LogP contribution in [0.5, 0.6) is 0 Å². The molecule has 3 N–H and O–H groups in total. The van der Waals surface area contributed by atoms with Gasteiger partial charge in [0.15, 0.2) is 0 Å². The summed E-state index contributed by atoms with van der Waals surface area (Å²) in [5, 5.41) is 8.07. The van der Waals surface area contributed by atoms with Crippen LogP contribution in [0.4, 0.5) is 5.69 Å². The van der Waals surface area contributed by atoms with E-state index in [2.05, 4.69) is 16.0 Å². The van der Waals surface area contributed by atoms with E-state index in [4.69, 9.17) is 0 Å². The maximum absolute atomic E-state index is 11.8. The number of amides is 3. The lowest BCUT2D eigenvalue weighted by Crippen LogP contribution is -2.46. The van der Waals surface area contributed by atoms with Gasteiger partial charge < -0.3 is 16.0 Å². The van der Waals surface area contributed by atoms with E-state index in [1.165, 1.54) is 11.8 Å². The number of carbonyl (C=O) groups is 3. The highest BCUT2D eigenvalue weighted by Gasteiger charge is 2.14. The number of anilines is 1. The van der Waals surface area contributed by atoms with Crippen molar-refractivity contribution in [1.29, 1.82) is 0 Å². The van der Waals surface area contributed by atoms with Crippen LogP contribution < -0.4 is 16.0 Å². The average molecular weight is 351 g/mol. The summed E-state index contributed by atoms with van der Waals surface area (Å²) >= 11 is 1.20. The number of aryl methyl sites for hydroxylation is 1. The molecule has 0 aromatic heterocycles. The van der Waals surface area contributed by atoms with Crippen LogP contribution >= 0.6 is 11.8 Å². The van der Waals surface area contributed by atoms with E-state index in [0.29, 0.717) is 0 Å². The number of carbonyl (C=O) groups excluding carboxylic acids is 3. The Bertz CT molecular complexity index is 597. The Morgan fingerprint density at radius 2 is 1.71 bits per heavy atom. The van der Waals surface area contributed by atoms with E-state index in [1.807, 2.05) is 52.0 Å². The Morgan fingerprint density at radius 3 is 2.33 bits per heavy atom. The number of benzene rings is 1. The molecule has 0 spiro atoms. The van der Waals surface area contributed by atoms with E-state index in [0.717, 1.165) is 11.3 Å². The Labute approximate surface area is 147 Å². The van der Waals surface area contributed by atoms with Crippen molar-refractivity contribution in [2.24, 2.45) is 0 Å². The maximum Gasteiger partial charge on any atom is 0.239 e. The molecule has 0 aliphatic carbocycles. The molecule has 0 fully saturated rings. The molecule has 0 heterocycles. The zero-order valence-corrected chi connectivity index (χ0v) is 15.4. The van der Waals surface area contributed by atoms with Crippen molar-refractivity contribution in [2.45, 2.75) is 33.2 Å². The van der Waals surface area contributed by atoms with E-state index in [1.54, 1.807) is 0 Å². The molecule has 0 aliphatic heterocycles. The van der Waals surface area contributed by atoms with Gasteiger partial charge in [0.1, 0.15) is 0 Å². The van der Waals surface area contributed by atoms with Gasteiger partial charge in [-0.05, 0) is 45.4 Å². The molecule has 1 aromatic rings. The molecule has 0 saturated heterocycles. The molecule has 0 unspecified atom stereocenters. The standard InChI is InChI=1S/C17H25N3O3S/c1-12-6-5-7-13(8-12)19-16(23)11-24-10-15(22)18-9-14(21)20-17(2,3)4/h5-8H,9-11H2,1-4H3,(H,18,22)(H,19,23)(H,20,21). The number of rotatable bonds is 7. The predicted octanol–water partition coefficient (Wildman–Crippen LogP) is 1.70. The van der Waals surface area contributed by atoms with Crippen LogP contribution in [-0.4, -0.2) is 41.3 Å². The van der Waals surface area contributed by atoms with Crippen LogP contribution in [0.2, 0.25) is 0 Å². The highest BCUT2D eigenvalue weighted by Crippen LogP contribution is 2.10. The summed E-state index contributed by atoms with van der Waals surface area (Å²) in [6, 6.07) is 7.51. The summed E-state index contributed by atoms with van der Waals surface area (Å²) < 4.78 is 0. The monoisotopic (exact) mass is 351 g/mol. The first-order chi connectivity index (χ1) is 11.2. The first-order valence-electron chi connectivity index (χ1n) is 7.68. The molecular weight excluding hydrogens is 326 g/mol. The van der Waals surface area contributed by atoms with Gasteiger partial charge in [0.25, 0.3) is 0 Å². The number of hydrogen-bond acceptors (Lipinski definition) is 4. The summed E-state index contributed by atoms with van der Waals surface area (Å²) in [4.78, 5) is 35.0. The van der Waals surface area contributed by atoms with E-state index < -0.39 is 0 Å². The molecule has 1 rings (SSSR count). The molecule has 0 aliphatic rings. The first kappa shape index (κ1) is 20.0. The molecule has 6 nitrogen and oxygen atoms in total. The van der Waals surface area contributed by atoms with Crippen molar-refractivity contribution in [3.8, 4) is 0 Å². The minimum Gasteiger partial charge on any atom is -0.350 e. The minimum atomic E-state index is -0.329. The highest BCUT2D eigenvalue weighted by atomic mass is 32.2. The molecule has 0 radical (unpaired) electrons. The molecule has 24 heavy (non-hydrogen) atoms. The lowest BCUT2D eigenvalue weighted by atomic mass is 10.1. The Balaban J connectivity index is 2.21. The van der Waals surface area contributed by atoms with Crippen molar-refractivity contribution in [3.63, 3.8) is 0 Å². The Kier molecular flexibility index (Phi) is 7.78. The molecule has 132 valence electrons. The summed E-state index contributed by atoms with van der Waals surface area (Å²) in [6.07, 6.45) is 0. The van der Waals surface area contributed by atoms with E-state index >= 15 is 0 Å². The normalized spacial score (nSPS) is 10.8. The van der Waals surface area contributed by atoms with Gasteiger partial charge in [-0.2, -0.15) is 0 Å². The third kappa shape index (κ3) is 9.19. The van der Waals surface area contributed by atoms with Gasteiger partial charge in [0.2, 0.25) is 17.7 Å². The fraction of sp³-hybridized carbons (Fsp3) is 0.471. The van der Waals surface area contributed by atoms with Gasteiger partial charge in [-0.15, -0.1) is 11.8 Å². The minimum absolute atomic E-state index is 0.0633. The maximum atomic E-state index is 11.8. The molecule has 1 aromatic carbocycles. The van der Waals surface area contributed by atoms with Crippen LogP contribution in [-0.2, 0) is 14.4 Å². The fourth-order valence-electron chi connectivity index (χ4n) is 1.85. The molecule has 7 heteroatoms. The van der Waals surface area contributed by atoms with Crippen molar-refractivity contribution < 1.29 is 14.4 Å². The average Bonchev–Trinajstić information content (AvgIpc) is 2.43. The smallest absolute Gasteiger partial charge is 0.239 e. The van der Waals surface area contributed by atoms with Gasteiger partial charge >= 0.3 is 0 Å². The summed E-state index contributed by atoms with van der Waals surface area (Å²) in [7, 11) is 0. The molecule has 0 atom stereocenters. The second kappa shape index (κ2) is 9.32. The van der Waals surface area contributed by atoms with Crippen LogP contribution in [0.1, 0.15) is 26.3 Å². The summed E-state index contributed by atoms with van der Waals surface area (Å²) in [6.45, 7) is 7.50. The van der Waals surface area contributed by atoms with Crippen LogP contribution in [0, 0.1) is 6.92 Å². The second-order valence-corrected chi connectivity index (χ2v) is 7.47. The van der Waals surface area contributed by atoms with Crippen molar-refractivity contribution >= 4 is 35.2 Å². The predicted molar refractivity (Wildman–Crippen MR) is 98.0 cm³/mol. The molecule has 0 saturated carbocycles. The highest BCUT2D eigenvalue weighted by molar-refractivity contribution is 8.00. The second-order valence-electron chi connectivity index (χ2n) is 6.49. The van der Waals surface area contributed by atoms with E-state index in [9.17, 15) is 14.4 Å². The molecule has 0 bridgehead atoms. The quantitative estimate of drug-likeness (QED) is 0.698. The first-order valence-corrected chi connectivity index (χ1v) is 8.83. The topological polar surface area (TPSA) is 87.3 Å². The van der Waals surface area contributed by atoms with Crippen molar-refractivity contribution in [2.75, 3.05) is 23.4 Å². The van der Waals surface area contributed by atoms with Crippen LogP contribution in [0.25, 0.3) is 0 Å². The van der Waals surface area contributed by atoms with Gasteiger partial charge in [-0.25, -0.2) is 0 Å². The molecule has 3 amide bonds. The number of hydrogen-bond donors (Lipinski definition) is 3. The fourth-order valence-corrected chi connectivity index (χ4v) is 2.50. The van der Waals surface area contributed by atoms with Crippen LogP contribution in [0.3, 0.4) is 0 Å². The van der Waals surface area contributed by atoms with Crippen molar-refractivity contribution in [1.82, 2.24) is 10.6 Å². The van der Waals surface area contributed by atoms with Crippen molar-refractivity contribution in [3.05, 3.63) is 29.8 Å². The largest absolute Gasteiger partial charge is 0.350 e. The zero-order chi connectivity index (χ0) is 18.2. The van der Waals surface area contributed by atoms with Gasteiger partial charge in [-0.1, -0.05) is 12.1 Å². The summed E-state index contributed by atoms with van der Waals surface area (Å²) in [5.41, 5.74) is 1.47. The lowest BCUT2D eigenvalue weighted by molar-refractivity contribution is -0.125. The van der Waals surface area contributed by atoms with Gasteiger partial charge in [0, 0.05) is 11.2 Å².